The smallest absolute Gasteiger partial charge is 0.143 e. The number of carbonyl (C=O) groups is 1. The Hall–Kier alpha value is -2.83. The molecule has 0 radical (unpaired) electrons. The molecule has 0 spiro atoms. The number of benzene rings is 1. The predicted octanol–water partition coefficient (Wildman–Crippen LogP) is 3.88. The van der Waals surface area contributed by atoms with Crippen molar-refractivity contribution in [2.45, 2.75) is 31.7 Å². The monoisotopic (exact) mass is 350 g/mol. The number of aromatic nitrogens is 1. The van der Waals surface area contributed by atoms with Crippen molar-refractivity contribution < 1.29 is 4.79 Å². The van der Waals surface area contributed by atoms with Gasteiger partial charge in [-0.05, 0) is 24.0 Å². The minimum absolute atomic E-state index is 0.0264. The van der Waals surface area contributed by atoms with Crippen LogP contribution in [0.3, 0.4) is 0 Å². The Balaban J connectivity index is 2.67. The van der Waals surface area contributed by atoms with Crippen molar-refractivity contribution in [3.63, 3.8) is 0 Å². The number of Topliss-reactive ketones (excluding diaryl/α,β-unsaturated/α-hetero) is 1. The normalized spacial score (nSPS) is 10.3. The third-order valence-corrected chi connectivity index (χ3v) is 4.81. The number of hydrogen-bond acceptors (Lipinski definition) is 6. The van der Waals surface area contributed by atoms with Crippen LogP contribution in [0.25, 0.3) is 11.1 Å². The summed E-state index contributed by atoms with van der Waals surface area (Å²) in [5.41, 5.74) is 8.76. The molecular formula is C19H18N4OS. The van der Waals surface area contributed by atoms with Crippen molar-refractivity contribution >= 4 is 23.4 Å². The fraction of sp³-hybridized carbons (Fsp3) is 0.263. The van der Waals surface area contributed by atoms with Gasteiger partial charge in [0.2, 0.25) is 0 Å². The highest BCUT2D eigenvalue weighted by Crippen LogP contribution is 2.36. The molecule has 0 unspecified atom stereocenters. The van der Waals surface area contributed by atoms with Gasteiger partial charge in [-0.3, -0.25) is 4.79 Å². The van der Waals surface area contributed by atoms with Crippen molar-refractivity contribution in [2.75, 3.05) is 11.5 Å². The molecule has 2 N–H and O–H groups in total. The highest BCUT2D eigenvalue weighted by atomic mass is 32.2. The fourth-order valence-corrected chi connectivity index (χ4v) is 3.19. The molecule has 2 rings (SSSR count). The van der Waals surface area contributed by atoms with E-state index < -0.39 is 0 Å². The summed E-state index contributed by atoms with van der Waals surface area (Å²) in [5.74, 6) is 0.611. The van der Waals surface area contributed by atoms with E-state index in [-0.39, 0.29) is 28.5 Å². The maximum atomic E-state index is 11.3. The molecule has 0 aliphatic carbocycles. The number of carbonyl (C=O) groups excluding carboxylic acids is 1. The molecule has 5 nitrogen and oxygen atoms in total. The van der Waals surface area contributed by atoms with Gasteiger partial charge >= 0.3 is 0 Å². The van der Waals surface area contributed by atoms with Crippen LogP contribution in [0.15, 0.2) is 29.3 Å². The Bertz CT molecular complexity index is 890. The van der Waals surface area contributed by atoms with Crippen molar-refractivity contribution in [3.05, 3.63) is 41.0 Å². The van der Waals surface area contributed by atoms with Gasteiger partial charge in [0.05, 0.1) is 11.3 Å². The van der Waals surface area contributed by atoms with E-state index in [1.165, 1.54) is 6.92 Å². The van der Waals surface area contributed by atoms with Crippen LogP contribution in [0.2, 0.25) is 0 Å². The second kappa shape index (κ2) is 7.83. The summed E-state index contributed by atoms with van der Waals surface area (Å²) in [6.45, 7) is 5.66. The summed E-state index contributed by atoms with van der Waals surface area (Å²) in [6.07, 6.45) is 0. The summed E-state index contributed by atoms with van der Waals surface area (Å²) in [5, 5.41) is 19.5. The van der Waals surface area contributed by atoms with Gasteiger partial charge in [0.15, 0.2) is 0 Å². The van der Waals surface area contributed by atoms with Gasteiger partial charge in [-0.1, -0.05) is 49.9 Å². The Morgan fingerprint density at radius 1 is 1.20 bits per heavy atom. The van der Waals surface area contributed by atoms with E-state index in [2.05, 4.69) is 31.0 Å². The molecule has 0 amide bonds. The lowest BCUT2D eigenvalue weighted by Crippen LogP contribution is -2.04. The molecule has 0 fully saturated rings. The van der Waals surface area contributed by atoms with E-state index >= 15 is 0 Å². The summed E-state index contributed by atoms with van der Waals surface area (Å²) >= 11 is 1.16. The highest BCUT2D eigenvalue weighted by molar-refractivity contribution is 8.00. The number of rotatable bonds is 5. The molecule has 0 atom stereocenters. The first-order chi connectivity index (χ1) is 11.9. The van der Waals surface area contributed by atoms with Crippen molar-refractivity contribution in [1.82, 2.24) is 4.98 Å². The first-order valence-electron chi connectivity index (χ1n) is 7.75. The second-order valence-corrected chi connectivity index (χ2v) is 6.88. The second-order valence-electron chi connectivity index (χ2n) is 5.92. The van der Waals surface area contributed by atoms with Crippen molar-refractivity contribution in [3.8, 4) is 23.3 Å². The average molecular weight is 350 g/mol. The summed E-state index contributed by atoms with van der Waals surface area (Å²) < 4.78 is 0. The topological polar surface area (TPSA) is 104 Å². The lowest BCUT2D eigenvalue weighted by molar-refractivity contribution is -0.114. The molecule has 1 heterocycles. The highest BCUT2D eigenvalue weighted by Gasteiger charge is 2.20. The number of anilines is 1. The van der Waals surface area contributed by atoms with E-state index in [9.17, 15) is 15.3 Å². The maximum absolute atomic E-state index is 11.3. The van der Waals surface area contributed by atoms with Crippen molar-refractivity contribution in [2.24, 2.45) is 0 Å². The molecular weight excluding hydrogens is 332 g/mol. The Kier molecular flexibility index (Phi) is 5.80. The van der Waals surface area contributed by atoms with Gasteiger partial charge in [-0.15, -0.1) is 0 Å². The minimum Gasteiger partial charge on any atom is -0.383 e. The third-order valence-electron chi connectivity index (χ3n) is 3.69. The number of nitrogens with two attached hydrogens (primary N) is 1. The number of hydrogen-bond donors (Lipinski definition) is 1. The van der Waals surface area contributed by atoms with Gasteiger partial charge in [-0.2, -0.15) is 10.5 Å². The summed E-state index contributed by atoms with van der Waals surface area (Å²) in [6, 6.07) is 11.9. The minimum atomic E-state index is -0.0264. The number of nitrogen functional groups attached to an aromatic ring is 1. The SMILES string of the molecule is CC(=O)CSc1nc(N)c(C#N)c(-c2ccc(C(C)C)cc2)c1C#N. The van der Waals surface area contributed by atoms with E-state index in [0.717, 1.165) is 22.9 Å². The van der Waals surface area contributed by atoms with Gasteiger partial charge in [0, 0.05) is 5.56 Å². The number of pyridine rings is 1. The quantitative estimate of drug-likeness (QED) is 0.821. The van der Waals surface area contributed by atoms with Crippen LogP contribution < -0.4 is 5.73 Å². The van der Waals surface area contributed by atoms with E-state index in [4.69, 9.17) is 5.73 Å². The Labute approximate surface area is 151 Å². The molecule has 126 valence electrons. The third kappa shape index (κ3) is 3.99. The van der Waals surface area contributed by atoms with Gasteiger partial charge < -0.3 is 5.73 Å². The maximum Gasteiger partial charge on any atom is 0.143 e. The van der Waals surface area contributed by atoms with E-state index in [1.54, 1.807) is 0 Å². The van der Waals surface area contributed by atoms with E-state index in [0.29, 0.717) is 16.5 Å². The lowest BCUT2D eigenvalue weighted by atomic mass is 9.94. The van der Waals surface area contributed by atoms with Gasteiger partial charge in [0.1, 0.15) is 34.3 Å². The summed E-state index contributed by atoms with van der Waals surface area (Å²) in [7, 11) is 0. The van der Waals surface area contributed by atoms with Crippen LogP contribution >= 0.6 is 11.8 Å². The Morgan fingerprint density at radius 2 is 1.80 bits per heavy atom. The molecule has 6 heteroatoms. The standard InChI is InChI=1S/C19H18N4OS/c1-11(2)13-4-6-14(7-5-13)17-15(8-20)18(22)23-19(16(17)9-21)25-10-12(3)24/h4-7,11H,10H2,1-3H3,(H2,22,23). The number of ketones is 1. The number of nitriles is 2. The molecule has 0 aliphatic heterocycles. The molecule has 0 saturated heterocycles. The zero-order chi connectivity index (χ0) is 18.6. The van der Waals surface area contributed by atoms with Crippen LogP contribution in [0.5, 0.6) is 0 Å². The molecule has 0 aliphatic rings. The van der Waals surface area contributed by atoms with Crippen LogP contribution in [0.1, 0.15) is 43.4 Å². The molecule has 0 saturated carbocycles. The van der Waals surface area contributed by atoms with Gasteiger partial charge in [-0.25, -0.2) is 4.98 Å². The van der Waals surface area contributed by atoms with Crippen LogP contribution in [-0.4, -0.2) is 16.5 Å². The summed E-state index contributed by atoms with van der Waals surface area (Å²) in [4.78, 5) is 15.4. The molecule has 25 heavy (non-hydrogen) atoms. The zero-order valence-corrected chi connectivity index (χ0v) is 15.1. The first-order valence-corrected chi connectivity index (χ1v) is 8.73. The number of thioether (sulfide) groups is 1. The lowest BCUT2D eigenvalue weighted by Gasteiger charge is -2.13. The first kappa shape index (κ1) is 18.5. The zero-order valence-electron chi connectivity index (χ0n) is 14.3. The predicted molar refractivity (Wildman–Crippen MR) is 99.0 cm³/mol. The molecule has 1 aromatic carbocycles. The average Bonchev–Trinajstić information content (AvgIpc) is 2.59. The van der Waals surface area contributed by atoms with Crippen LogP contribution in [0, 0.1) is 22.7 Å². The van der Waals surface area contributed by atoms with Crippen LogP contribution in [0.4, 0.5) is 5.82 Å². The molecule has 1 aromatic heterocycles. The fourth-order valence-electron chi connectivity index (χ4n) is 2.40. The number of nitrogens with zero attached hydrogens (tertiary/aromatic N) is 3. The van der Waals surface area contributed by atoms with Gasteiger partial charge in [0.25, 0.3) is 0 Å². The van der Waals surface area contributed by atoms with E-state index in [1.807, 2.05) is 24.3 Å². The van der Waals surface area contributed by atoms with Crippen molar-refractivity contribution in [1.29, 1.82) is 10.5 Å². The van der Waals surface area contributed by atoms with Crippen LogP contribution in [-0.2, 0) is 4.79 Å². The Morgan fingerprint density at radius 3 is 2.28 bits per heavy atom. The largest absolute Gasteiger partial charge is 0.383 e. The molecule has 2 aromatic rings. The molecule has 0 bridgehead atoms.